The Hall–Kier alpha value is -1.48. The SMILES string of the molecule is CCNC(Cc1ccc(OC)cc1)C1=COCCC1. The van der Waals surface area contributed by atoms with Crippen LogP contribution < -0.4 is 10.1 Å². The maximum Gasteiger partial charge on any atom is 0.118 e. The number of hydrogen-bond acceptors (Lipinski definition) is 3. The summed E-state index contributed by atoms with van der Waals surface area (Å²) < 4.78 is 10.7. The van der Waals surface area contributed by atoms with Gasteiger partial charge in [0.15, 0.2) is 0 Å². The predicted molar refractivity (Wildman–Crippen MR) is 77.4 cm³/mol. The van der Waals surface area contributed by atoms with Crippen molar-refractivity contribution in [1.82, 2.24) is 5.32 Å². The first kappa shape index (κ1) is 13.9. The maximum absolute atomic E-state index is 5.46. The average molecular weight is 261 g/mol. The summed E-state index contributed by atoms with van der Waals surface area (Å²) in [7, 11) is 1.70. The van der Waals surface area contributed by atoms with Gasteiger partial charge in [0.25, 0.3) is 0 Å². The molecule has 1 heterocycles. The summed E-state index contributed by atoms with van der Waals surface area (Å²) >= 11 is 0. The third-order valence-electron chi connectivity index (χ3n) is 3.46. The second-order valence-electron chi connectivity index (χ2n) is 4.83. The van der Waals surface area contributed by atoms with Crippen LogP contribution in [0.2, 0.25) is 0 Å². The number of methoxy groups -OCH3 is 1. The molecule has 104 valence electrons. The highest BCUT2D eigenvalue weighted by molar-refractivity contribution is 5.29. The molecule has 1 aliphatic rings. The van der Waals surface area contributed by atoms with E-state index in [1.807, 2.05) is 18.4 Å². The van der Waals surface area contributed by atoms with E-state index in [-0.39, 0.29) is 0 Å². The molecular formula is C16H23NO2. The van der Waals surface area contributed by atoms with Crippen molar-refractivity contribution in [2.45, 2.75) is 32.2 Å². The van der Waals surface area contributed by atoms with Gasteiger partial charge >= 0.3 is 0 Å². The van der Waals surface area contributed by atoms with E-state index >= 15 is 0 Å². The Morgan fingerprint density at radius 3 is 2.68 bits per heavy atom. The lowest BCUT2D eigenvalue weighted by atomic mass is 9.95. The first-order valence-corrected chi connectivity index (χ1v) is 7.00. The standard InChI is InChI=1S/C16H23NO2/c1-3-17-16(14-5-4-10-19-12-14)11-13-6-8-15(18-2)9-7-13/h6-9,12,16-17H,3-5,10-11H2,1-2H3. The Kier molecular flexibility index (Phi) is 5.28. The molecule has 0 fully saturated rings. The predicted octanol–water partition coefficient (Wildman–Crippen LogP) is 2.91. The number of ether oxygens (including phenoxy) is 2. The van der Waals surface area contributed by atoms with Gasteiger partial charge in [0, 0.05) is 6.04 Å². The number of hydrogen-bond donors (Lipinski definition) is 1. The fourth-order valence-corrected chi connectivity index (χ4v) is 2.42. The fraction of sp³-hybridized carbons (Fsp3) is 0.500. The van der Waals surface area contributed by atoms with E-state index in [0.717, 1.165) is 38.2 Å². The summed E-state index contributed by atoms with van der Waals surface area (Å²) in [5, 5.41) is 3.55. The molecule has 1 N–H and O–H groups in total. The first-order valence-electron chi connectivity index (χ1n) is 7.00. The summed E-state index contributed by atoms with van der Waals surface area (Å²) in [6, 6.07) is 8.67. The van der Waals surface area contributed by atoms with Gasteiger partial charge in [-0.15, -0.1) is 0 Å². The van der Waals surface area contributed by atoms with Gasteiger partial charge in [0.1, 0.15) is 5.75 Å². The van der Waals surface area contributed by atoms with Crippen LogP contribution >= 0.6 is 0 Å². The van der Waals surface area contributed by atoms with Gasteiger partial charge in [0.05, 0.1) is 20.0 Å². The molecule has 0 saturated heterocycles. The number of rotatable bonds is 6. The average Bonchev–Trinajstić information content (AvgIpc) is 2.48. The minimum atomic E-state index is 0.374. The van der Waals surface area contributed by atoms with Gasteiger partial charge in [0.2, 0.25) is 0 Å². The number of nitrogens with one attached hydrogen (secondary N) is 1. The summed E-state index contributed by atoms with van der Waals surface area (Å²) in [5.74, 6) is 0.906. The minimum absolute atomic E-state index is 0.374. The Morgan fingerprint density at radius 1 is 1.32 bits per heavy atom. The van der Waals surface area contributed by atoms with Crippen molar-refractivity contribution < 1.29 is 9.47 Å². The third kappa shape index (κ3) is 4.00. The third-order valence-corrected chi connectivity index (χ3v) is 3.46. The normalized spacial score (nSPS) is 16.4. The molecule has 1 aliphatic heterocycles. The summed E-state index contributed by atoms with van der Waals surface area (Å²) in [4.78, 5) is 0. The number of likely N-dealkylation sites (N-methyl/N-ethyl adjacent to an activating group) is 1. The van der Waals surface area contributed by atoms with Gasteiger partial charge in [-0.25, -0.2) is 0 Å². The van der Waals surface area contributed by atoms with Crippen LogP contribution in [-0.4, -0.2) is 26.3 Å². The van der Waals surface area contributed by atoms with Crippen molar-refractivity contribution in [2.24, 2.45) is 0 Å². The molecule has 3 nitrogen and oxygen atoms in total. The summed E-state index contributed by atoms with van der Waals surface area (Å²) in [5.41, 5.74) is 2.70. The lowest BCUT2D eigenvalue weighted by molar-refractivity contribution is 0.219. The molecule has 0 radical (unpaired) electrons. The monoisotopic (exact) mass is 261 g/mol. The van der Waals surface area contributed by atoms with Crippen molar-refractivity contribution >= 4 is 0 Å². The lowest BCUT2D eigenvalue weighted by Crippen LogP contribution is -2.33. The second-order valence-corrected chi connectivity index (χ2v) is 4.83. The van der Waals surface area contributed by atoms with Crippen molar-refractivity contribution in [3.8, 4) is 5.75 Å². The van der Waals surface area contributed by atoms with Crippen molar-refractivity contribution in [1.29, 1.82) is 0 Å². The molecule has 0 saturated carbocycles. The molecule has 1 aromatic rings. The van der Waals surface area contributed by atoms with E-state index < -0.39 is 0 Å². The van der Waals surface area contributed by atoms with E-state index in [2.05, 4.69) is 24.4 Å². The van der Waals surface area contributed by atoms with Gasteiger partial charge in [-0.3, -0.25) is 0 Å². The van der Waals surface area contributed by atoms with Crippen molar-refractivity contribution in [2.75, 3.05) is 20.3 Å². The van der Waals surface area contributed by atoms with E-state index in [9.17, 15) is 0 Å². The van der Waals surface area contributed by atoms with Crippen LogP contribution in [0.5, 0.6) is 5.75 Å². The molecule has 3 heteroatoms. The molecule has 0 spiro atoms. The Balaban J connectivity index is 2.04. The molecule has 2 rings (SSSR count). The largest absolute Gasteiger partial charge is 0.501 e. The molecule has 0 amide bonds. The zero-order valence-electron chi connectivity index (χ0n) is 11.8. The Morgan fingerprint density at radius 2 is 2.11 bits per heavy atom. The maximum atomic E-state index is 5.46. The first-order chi connectivity index (χ1) is 9.33. The molecule has 0 aromatic heterocycles. The van der Waals surface area contributed by atoms with Gasteiger partial charge in [-0.05, 0) is 49.1 Å². The lowest BCUT2D eigenvalue weighted by Gasteiger charge is -2.24. The van der Waals surface area contributed by atoms with E-state index in [0.29, 0.717) is 6.04 Å². The van der Waals surface area contributed by atoms with Gasteiger partial charge in [-0.2, -0.15) is 0 Å². The van der Waals surface area contributed by atoms with Crippen molar-refractivity contribution in [3.05, 3.63) is 41.7 Å². The van der Waals surface area contributed by atoms with Crippen LogP contribution in [0.25, 0.3) is 0 Å². The van der Waals surface area contributed by atoms with Crippen LogP contribution in [0.3, 0.4) is 0 Å². The molecule has 1 atom stereocenters. The smallest absolute Gasteiger partial charge is 0.118 e. The van der Waals surface area contributed by atoms with Gasteiger partial charge in [-0.1, -0.05) is 19.1 Å². The highest BCUT2D eigenvalue weighted by Crippen LogP contribution is 2.20. The van der Waals surface area contributed by atoms with Crippen LogP contribution in [-0.2, 0) is 11.2 Å². The second kappa shape index (κ2) is 7.19. The highest BCUT2D eigenvalue weighted by Gasteiger charge is 2.16. The summed E-state index contributed by atoms with van der Waals surface area (Å²) in [6.07, 6.45) is 5.19. The molecule has 19 heavy (non-hydrogen) atoms. The molecule has 0 bridgehead atoms. The zero-order chi connectivity index (χ0) is 13.5. The van der Waals surface area contributed by atoms with E-state index in [1.165, 1.54) is 11.1 Å². The van der Waals surface area contributed by atoms with Crippen LogP contribution in [0.1, 0.15) is 25.3 Å². The zero-order valence-corrected chi connectivity index (χ0v) is 11.8. The minimum Gasteiger partial charge on any atom is -0.501 e. The van der Waals surface area contributed by atoms with Crippen LogP contribution in [0, 0.1) is 0 Å². The van der Waals surface area contributed by atoms with Crippen molar-refractivity contribution in [3.63, 3.8) is 0 Å². The van der Waals surface area contributed by atoms with Gasteiger partial charge < -0.3 is 14.8 Å². The molecule has 1 aromatic carbocycles. The topological polar surface area (TPSA) is 30.5 Å². The van der Waals surface area contributed by atoms with Crippen LogP contribution in [0.15, 0.2) is 36.1 Å². The quantitative estimate of drug-likeness (QED) is 0.854. The number of benzene rings is 1. The Bertz CT molecular complexity index is 411. The molecule has 1 unspecified atom stereocenters. The van der Waals surface area contributed by atoms with Crippen LogP contribution in [0.4, 0.5) is 0 Å². The van der Waals surface area contributed by atoms with E-state index in [1.54, 1.807) is 7.11 Å². The highest BCUT2D eigenvalue weighted by atomic mass is 16.5. The van der Waals surface area contributed by atoms with E-state index in [4.69, 9.17) is 9.47 Å². The Labute approximate surface area is 115 Å². The molecular weight excluding hydrogens is 238 g/mol. The molecule has 0 aliphatic carbocycles. The fourth-order valence-electron chi connectivity index (χ4n) is 2.42. The summed E-state index contributed by atoms with van der Waals surface area (Å²) in [6.45, 7) is 3.97.